The van der Waals surface area contributed by atoms with Crippen LogP contribution in [0, 0.1) is 17.0 Å². The number of carbonyl (C=O) groups is 1. The lowest BCUT2D eigenvalue weighted by atomic mass is 10.2. The number of methoxy groups -OCH3 is 1. The predicted molar refractivity (Wildman–Crippen MR) is 88.4 cm³/mol. The molecular formula is C15H16N4O4S. The largest absolute Gasteiger partial charge is 0.464 e. The first-order valence-electron chi connectivity index (χ1n) is 7.44. The number of ether oxygens (including phenoxy) is 1. The number of hydrogen-bond donors (Lipinski definition) is 0. The standard InChI is InChI=1S/C15H16N4O4S/c1-9-12(15(20)23-2)17-14(24-9)11-6-4-8-18(11)13-10(19(21)22)5-3-7-16-13/h3,5,7,11H,4,6,8H2,1-2H3/t11-/m1/s1. The summed E-state index contributed by atoms with van der Waals surface area (Å²) in [6.45, 7) is 2.48. The van der Waals surface area contributed by atoms with Crippen molar-refractivity contribution in [1.29, 1.82) is 0 Å². The Morgan fingerprint density at radius 1 is 1.54 bits per heavy atom. The smallest absolute Gasteiger partial charge is 0.357 e. The van der Waals surface area contributed by atoms with Crippen molar-refractivity contribution < 1.29 is 14.5 Å². The molecule has 0 saturated carbocycles. The number of hydrogen-bond acceptors (Lipinski definition) is 8. The molecule has 1 fully saturated rings. The van der Waals surface area contributed by atoms with Crippen LogP contribution in [0.5, 0.6) is 0 Å². The van der Waals surface area contributed by atoms with Gasteiger partial charge in [-0.1, -0.05) is 0 Å². The highest BCUT2D eigenvalue weighted by Gasteiger charge is 2.34. The lowest BCUT2D eigenvalue weighted by Crippen LogP contribution is -2.24. The van der Waals surface area contributed by atoms with Gasteiger partial charge in [-0.25, -0.2) is 14.8 Å². The Kier molecular flexibility index (Phi) is 4.43. The van der Waals surface area contributed by atoms with Gasteiger partial charge in [-0.2, -0.15) is 0 Å². The molecule has 126 valence electrons. The maximum absolute atomic E-state index is 11.8. The van der Waals surface area contributed by atoms with E-state index in [9.17, 15) is 14.9 Å². The van der Waals surface area contributed by atoms with Crippen LogP contribution in [0.2, 0.25) is 0 Å². The minimum atomic E-state index is -0.469. The quantitative estimate of drug-likeness (QED) is 0.476. The van der Waals surface area contributed by atoms with Gasteiger partial charge in [0.15, 0.2) is 5.69 Å². The molecule has 0 N–H and O–H groups in total. The molecular weight excluding hydrogens is 332 g/mol. The molecule has 0 amide bonds. The van der Waals surface area contributed by atoms with Crippen LogP contribution < -0.4 is 4.90 Å². The average molecular weight is 348 g/mol. The number of nitrogens with zero attached hydrogens (tertiary/aromatic N) is 4. The minimum absolute atomic E-state index is 0.0223. The van der Waals surface area contributed by atoms with Crippen molar-refractivity contribution in [3.05, 3.63) is 44.0 Å². The molecule has 2 aromatic rings. The predicted octanol–water partition coefficient (Wildman–Crippen LogP) is 2.88. The van der Waals surface area contributed by atoms with E-state index in [-0.39, 0.29) is 11.7 Å². The summed E-state index contributed by atoms with van der Waals surface area (Å²) < 4.78 is 4.75. The van der Waals surface area contributed by atoms with Gasteiger partial charge in [0.1, 0.15) is 5.01 Å². The first-order valence-corrected chi connectivity index (χ1v) is 8.26. The van der Waals surface area contributed by atoms with E-state index in [4.69, 9.17) is 4.74 Å². The third kappa shape index (κ3) is 2.82. The van der Waals surface area contributed by atoms with E-state index in [0.29, 0.717) is 18.1 Å². The van der Waals surface area contributed by atoms with E-state index in [1.165, 1.54) is 24.5 Å². The molecule has 8 nitrogen and oxygen atoms in total. The molecule has 3 heterocycles. The molecule has 0 bridgehead atoms. The van der Waals surface area contributed by atoms with Gasteiger partial charge < -0.3 is 9.64 Å². The Hall–Kier alpha value is -2.55. The summed E-state index contributed by atoms with van der Waals surface area (Å²) in [4.78, 5) is 33.9. The lowest BCUT2D eigenvalue weighted by molar-refractivity contribution is -0.384. The SMILES string of the molecule is COC(=O)c1nc([C@H]2CCCN2c2ncccc2[N+](=O)[O-])sc1C. The lowest BCUT2D eigenvalue weighted by Gasteiger charge is -2.23. The molecule has 1 aliphatic rings. The molecule has 9 heteroatoms. The molecule has 1 aliphatic heterocycles. The van der Waals surface area contributed by atoms with Gasteiger partial charge in [0.05, 0.1) is 18.1 Å². The van der Waals surface area contributed by atoms with E-state index in [1.807, 2.05) is 11.8 Å². The number of aryl methyl sites for hydroxylation is 1. The van der Waals surface area contributed by atoms with Crippen LogP contribution in [0.25, 0.3) is 0 Å². The van der Waals surface area contributed by atoms with E-state index >= 15 is 0 Å². The summed E-state index contributed by atoms with van der Waals surface area (Å²) in [5, 5.41) is 12.0. The van der Waals surface area contributed by atoms with Crippen molar-refractivity contribution in [2.24, 2.45) is 0 Å². The van der Waals surface area contributed by atoms with Crippen LogP contribution in [-0.4, -0.2) is 34.5 Å². The molecule has 2 aromatic heterocycles. The number of rotatable bonds is 4. The molecule has 0 aliphatic carbocycles. The fourth-order valence-electron chi connectivity index (χ4n) is 2.87. The maximum Gasteiger partial charge on any atom is 0.357 e. The topological polar surface area (TPSA) is 98.5 Å². The monoisotopic (exact) mass is 348 g/mol. The zero-order valence-electron chi connectivity index (χ0n) is 13.3. The van der Waals surface area contributed by atoms with Gasteiger partial charge in [0.25, 0.3) is 0 Å². The van der Waals surface area contributed by atoms with Crippen molar-refractivity contribution in [1.82, 2.24) is 9.97 Å². The van der Waals surface area contributed by atoms with Crippen molar-refractivity contribution in [3.8, 4) is 0 Å². The number of aromatic nitrogens is 2. The van der Waals surface area contributed by atoms with Crippen molar-refractivity contribution in [3.63, 3.8) is 0 Å². The highest BCUT2D eigenvalue weighted by molar-refractivity contribution is 7.12. The fraction of sp³-hybridized carbons (Fsp3) is 0.400. The summed E-state index contributed by atoms with van der Waals surface area (Å²) in [6.07, 6.45) is 3.23. The van der Waals surface area contributed by atoms with Crippen molar-refractivity contribution in [2.45, 2.75) is 25.8 Å². The molecule has 24 heavy (non-hydrogen) atoms. The first kappa shape index (κ1) is 16.3. The van der Waals surface area contributed by atoms with Crippen molar-refractivity contribution in [2.75, 3.05) is 18.6 Å². The highest BCUT2D eigenvalue weighted by Crippen LogP contribution is 2.40. The molecule has 0 unspecified atom stereocenters. The minimum Gasteiger partial charge on any atom is -0.464 e. The Labute approximate surface area is 142 Å². The summed E-state index contributed by atoms with van der Waals surface area (Å²) in [5.41, 5.74) is 0.283. The zero-order valence-corrected chi connectivity index (χ0v) is 14.1. The van der Waals surface area contributed by atoms with Crippen LogP contribution in [0.3, 0.4) is 0 Å². The van der Waals surface area contributed by atoms with Gasteiger partial charge in [-0.05, 0) is 25.8 Å². The third-order valence-electron chi connectivity index (χ3n) is 3.96. The zero-order chi connectivity index (χ0) is 17.3. The molecule has 0 aromatic carbocycles. The molecule has 0 radical (unpaired) electrons. The molecule has 1 atom stereocenters. The Bertz CT molecular complexity index is 792. The maximum atomic E-state index is 11.8. The van der Waals surface area contributed by atoms with Gasteiger partial charge >= 0.3 is 11.7 Å². The van der Waals surface area contributed by atoms with Crippen LogP contribution in [0.1, 0.15) is 39.3 Å². The molecule has 3 rings (SSSR count). The third-order valence-corrected chi connectivity index (χ3v) is 5.04. The second kappa shape index (κ2) is 6.52. The highest BCUT2D eigenvalue weighted by atomic mass is 32.1. The van der Waals surface area contributed by atoms with E-state index in [1.54, 1.807) is 12.3 Å². The van der Waals surface area contributed by atoms with E-state index in [2.05, 4.69) is 9.97 Å². The van der Waals surface area contributed by atoms with E-state index < -0.39 is 10.9 Å². The van der Waals surface area contributed by atoms with Crippen molar-refractivity contribution >= 4 is 28.8 Å². The van der Waals surface area contributed by atoms with Gasteiger partial charge in [-0.15, -0.1) is 11.3 Å². The number of carbonyl (C=O) groups excluding carboxylic acids is 1. The van der Waals surface area contributed by atoms with Crippen LogP contribution >= 0.6 is 11.3 Å². The van der Waals surface area contributed by atoms with E-state index in [0.717, 1.165) is 22.7 Å². The Morgan fingerprint density at radius 2 is 2.33 bits per heavy atom. The summed E-state index contributed by atoms with van der Waals surface area (Å²) in [6, 6.07) is 2.88. The fourth-order valence-corrected chi connectivity index (χ4v) is 3.93. The van der Waals surface area contributed by atoms with Gasteiger partial charge in [0, 0.05) is 23.7 Å². The summed E-state index contributed by atoms with van der Waals surface area (Å²) in [7, 11) is 1.32. The normalized spacial score (nSPS) is 17.1. The number of anilines is 1. The number of esters is 1. The molecule has 0 spiro atoms. The van der Waals surface area contributed by atoms with Gasteiger partial charge in [-0.3, -0.25) is 10.1 Å². The Morgan fingerprint density at radius 3 is 3.04 bits per heavy atom. The number of thiazole rings is 1. The second-order valence-corrected chi connectivity index (χ2v) is 6.64. The summed E-state index contributed by atoms with van der Waals surface area (Å²) >= 11 is 1.42. The van der Waals surface area contributed by atoms with Crippen LogP contribution in [0.4, 0.5) is 11.5 Å². The molecule has 1 saturated heterocycles. The van der Waals surface area contributed by atoms with Crippen LogP contribution in [-0.2, 0) is 4.74 Å². The van der Waals surface area contributed by atoms with Gasteiger partial charge in [0.2, 0.25) is 5.82 Å². The average Bonchev–Trinajstić information content (AvgIpc) is 3.20. The number of pyridine rings is 1. The number of nitro groups is 1. The summed E-state index contributed by atoms with van der Waals surface area (Å²) in [5.74, 6) is -0.124. The van der Waals surface area contributed by atoms with Crippen LogP contribution in [0.15, 0.2) is 18.3 Å². The first-order chi connectivity index (χ1) is 11.5. The Balaban J connectivity index is 1.98. The second-order valence-electron chi connectivity index (χ2n) is 5.40.